The summed E-state index contributed by atoms with van der Waals surface area (Å²) in [6, 6.07) is -7.00. The maximum absolute atomic E-state index is 13.7. The van der Waals surface area contributed by atoms with Gasteiger partial charge in [0.1, 0.15) is 23.1 Å². The van der Waals surface area contributed by atoms with E-state index in [9.17, 15) is 19.2 Å². The van der Waals surface area contributed by atoms with Crippen LogP contribution < -0.4 is 37.9 Å². The molecule has 16 heteroatoms. The summed E-state index contributed by atoms with van der Waals surface area (Å²) in [7, 11) is -6.87. The van der Waals surface area contributed by atoms with E-state index in [-0.39, 0.29) is 204 Å². The van der Waals surface area contributed by atoms with E-state index >= 15 is 0 Å². The van der Waals surface area contributed by atoms with Crippen molar-refractivity contribution in [2.45, 2.75) is 184 Å². The quantitative estimate of drug-likeness (QED) is 0.0926. The summed E-state index contributed by atoms with van der Waals surface area (Å²) in [6.45, 7) is -0.632. The highest BCUT2D eigenvalue weighted by atomic mass is 16.5. The molecule has 0 saturated carbocycles. The monoisotopic (exact) mass is 1370 g/mol. The van der Waals surface area contributed by atoms with Crippen LogP contribution in [0.5, 0.6) is 46.0 Å². The van der Waals surface area contributed by atoms with Gasteiger partial charge in [0.05, 0.1) is 84.0 Å². The predicted octanol–water partition coefficient (Wildman–Crippen LogP) is 15.0. The minimum absolute atomic E-state index is 0. The SMILES string of the molecule is C.C.[2H]c1c2c(c([2H])c(OC)c1OC([2H])([2H])[2H])C1CC(=O)C(C([2H])([2H])C([2H])(C([2H])([2H])[2H])C([2H])([2H])C)CN1CC2.[2H]c1c2c(c([2H])c(OC)c1OC([2H])([2H])[2H])C1CC(=O)C(CC(C)C)C([2H])([2H])N1CC2.[2H]c1c2c(c([2H])c(OC)c1OC([2H])([2H])[2H])C1N(CC2)CC([2H])(C([2H])([2H])C([2H])(C([2H])([2H])[2H])C([2H])([2H])C)C(=O)C1([2H])[2H].[2H]c1c2c(c([2H])c(OC)c1OC([2H])([2H])[2H])C1N(CC2)CC([2H])(CC(C)C)C(=O)C1([2H])[2H]. The van der Waals surface area contributed by atoms with E-state index < -0.39 is 205 Å². The second kappa shape index (κ2) is 35.0. The molecule has 8 aliphatic rings. The van der Waals surface area contributed by atoms with Gasteiger partial charge in [0.25, 0.3) is 0 Å². The average molecular weight is 1370 g/mol. The molecule has 16 nitrogen and oxygen atoms in total. The summed E-state index contributed by atoms with van der Waals surface area (Å²) >= 11 is 0. The van der Waals surface area contributed by atoms with E-state index in [1.165, 1.54) is 21.3 Å². The Morgan fingerprint density at radius 3 is 1.20 bits per heavy atom. The van der Waals surface area contributed by atoms with Gasteiger partial charge in [-0.1, -0.05) is 82.8 Å². The zero-order valence-corrected chi connectivity index (χ0v) is 54.4. The molecule has 10 atom stereocenters. The first kappa shape index (κ1) is 36.2. The number of piperidine rings is 4. The number of Topliss-reactive ketones (excluding diaryl/α,β-unsaturated/α-hetero) is 4. The molecule has 8 aliphatic heterocycles. The number of rotatable bonds is 18. The zero-order valence-electron chi connectivity index (χ0n) is 98.4. The lowest BCUT2D eigenvalue weighted by atomic mass is 9.79. The summed E-state index contributed by atoms with van der Waals surface area (Å²) in [4.78, 5) is 59.2. The van der Waals surface area contributed by atoms with Gasteiger partial charge in [0, 0.05) is 159 Å². The summed E-state index contributed by atoms with van der Waals surface area (Å²) in [5, 5.41) is 0. The third-order valence-corrected chi connectivity index (χ3v) is 17.4. The van der Waals surface area contributed by atoms with Crippen LogP contribution in [0.2, 0.25) is 0 Å². The summed E-state index contributed by atoms with van der Waals surface area (Å²) in [6.07, 6.45) is -17.7. The Morgan fingerprint density at radius 2 is 0.812 bits per heavy atom. The second-order valence-corrected chi connectivity index (χ2v) is 24.2. The Kier molecular flexibility index (Phi) is 13.2. The molecule has 0 spiro atoms. The maximum Gasteiger partial charge on any atom is 0.161 e. The molecule has 10 unspecified atom stereocenters. The Balaban J connectivity index is 0.000000254. The van der Waals surface area contributed by atoms with Crippen molar-refractivity contribution in [1.29, 1.82) is 0 Å². The Bertz CT molecular complexity index is 5290. The van der Waals surface area contributed by atoms with Crippen LogP contribution in [-0.2, 0) is 44.9 Å². The number of benzene rings is 4. The number of nitrogens with zero attached hydrogens (tertiary/aromatic N) is 4. The Morgan fingerprint density at radius 1 is 0.469 bits per heavy atom. The van der Waals surface area contributed by atoms with Crippen molar-refractivity contribution < 1.29 is 117 Å². The molecule has 0 bridgehead atoms. The fraction of sp³-hybridized carbons (Fsp3) is 0.650. The fourth-order valence-electron chi connectivity index (χ4n) is 12.8. The number of methoxy groups -OCH3 is 8. The van der Waals surface area contributed by atoms with Gasteiger partial charge >= 0.3 is 0 Å². The van der Waals surface area contributed by atoms with Gasteiger partial charge in [0.15, 0.2) is 46.0 Å². The molecule has 96 heavy (non-hydrogen) atoms. The van der Waals surface area contributed by atoms with Crippen molar-refractivity contribution in [2.24, 2.45) is 47.2 Å². The molecule has 0 radical (unpaired) electrons. The predicted molar refractivity (Wildman–Crippen MR) is 383 cm³/mol. The Hall–Kier alpha value is -6.20. The van der Waals surface area contributed by atoms with Crippen LogP contribution in [0.4, 0.5) is 0 Å². The van der Waals surface area contributed by atoms with Crippen molar-refractivity contribution in [1.82, 2.24) is 19.6 Å². The molecule has 4 fully saturated rings. The number of ketones is 4. The smallest absolute Gasteiger partial charge is 0.161 e. The molecule has 8 heterocycles. The molecule has 0 aromatic heterocycles. The van der Waals surface area contributed by atoms with Crippen LogP contribution in [0, 0.1) is 47.2 Å². The van der Waals surface area contributed by atoms with Gasteiger partial charge in [-0.25, -0.2) is 0 Å². The number of carbonyl (C=O) groups excluding carboxylic acids is 4. The molecular weight excluding hydrogens is 1210 g/mol. The van der Waals surface area contributed by atoms with Gasteiger partial charge in [-0.05, 0) is 168 Å². The van der Waals surface area contributed by atoms with E-state index in [0.29, 0.717) is 30.0 Å². The van der Waals surface area contributed by atoms with Crippen molar-refractivity contribution in [3.63, 3.8) is 0 Å². The highest BCUT2D eigenvalue weighted by molar-refractivity contribution is 5.85. The van der Waals surface area contributed by atoms with Crippen LogP contribution in [0.25, 0.3) is 0 Å². The summed E-state index contributed by atoms with van der Waals surface area (Å²) in [5.41, 5.74) is 1.41. The first-order valence-corrected chi connectivity index (χ1v) is 30.9. The molecule has 4 aromatic carbocycles. The first-order chi connectivity index (χ1) is 62.2. The average Bonchev–Trinajstić information content (AvgIpc) is 0.677. The minimum Gasteiger partial charge on any atom is -0.493 e. The van der Waals surface area contributed by atoms with Crippen LogP contribution in [-0.4, -0.2) is 152 Å². The molecule has 0 aliphatic carbocycles. The first-order valence-electron chi connectivity index (χ1n) is 52.9. The van der Waals surface area contributed by atoms with Crippen LogP contribution in [0.15, 0.2) is 48.3 Å². The van der Waals surface area contributed by atoms with Crippen LogP contribution >= 0.6 is 0 Å². The normalized spacial score (nSPS) is 36.0. The van der Waals surface area contributed by atoms with Gasteiger partial charge < -0.3 is 37.9 Å². The van der Waals surface area contributed by atoms with Crippen LogP contribution in [0.3, 0.4) is 0 Å². The molecule has 12 rings (SSSR count). The van der Waals surface area contributed by atoms with Gasteiger partial charge in [0.2, 0.25) is 0 Å². The number of hydrogen-bond donors (Lipinski definition) is 0. The molecular formula is C80H120N4O12. The molecule has 4 aromatic rings. The number of carbonyl (C=O) groups is 4. The fourth-order valence-corrected chi connectivity index (χ4v) is 12.8. The summed E-state index contributed by atoms with van der Waals surface area (Å²) < 4.78 is 397. The van der Waals surface area contributed by atoms with Crippen molar-refractivity contribution in [2.75, 3.05) is 109 Å². The lowest BCUT2D eigenvalue weighted by molar-refractivity contribution is -0.130. The minimum atomic E-state index is -3.77. The topological polar surface area (TPSA) is 155 Å². The van der Waals surface area contributed by atoms with E-state index in [1.807, 2.05) is 27.7 Å². The van der Waals surface area contributed by atoms with Crippen molar-refractivity contribution in [3.05, 3.63) is 92.8 Å². The Labute approximate surface area is 638 Å². The van der Waals surface area contributed by atoms with Crippen molar-refractivity contribution in [3.8, 4) is 46.0 Å². The zero-order chi connectivity index (χ0) is 106. The second-order valence-electron chi connectivity index (χ2n) is 24.2. The largest absolute Gasteiger partial charge is 0.493 e. The number of fused-ring (bicyclic) bond motifs is 12. The van der Waals surface area contributed by atoms with Crippen LogP contribution in [0.1, 0.15) is 263 Å². The maximum atomic E-state index is 13.7. The highest BCUT2D eigenvalue weighted by Crippen LogP contribution is 2.48. The van der Waals surface area contributed by atoms with Gasteiger partial charge in [-0.2, -0.15) is 0 Å². The number of ether oxygens (including phenoxy) is 8. The standard InChI is InChI=1S/2C20H29NO3.2C19H27NO3.2CH4/c2*1-5-13(2)8-15-12-21-7-6-14-9-19(23-3)20(24-4)10-16(14)17(21)11-18(15)22;2*1-12(2)7-14-11-20-6-5-13-8-18(22-3)19(23-4)9-15(13)16(20)10-17(14)21;;/h2*9-10,13,15,17H,5-8,11-12H2,1-4H3;2*8-9,12,14,16H,5-7,10-11H2,1-4H3;2*1H4/i2D3,3D3,5D2,8D2,9D,10D,11D2,13D,15D;2D3,3D3,5D2,8D2,9D,10D,13D;3D3,8D,9D,10D2,14D;3D3,8D,9D,11D2;;. The van der Waals surface area contributed by atoms with Gasteiger partial charge in [-0.3, -0.25) is 38.8 Å². The summed E-state index contributed by atoms with van der Waals surface area (Å²) in [5.74, 6) is -20.6. The molecule has 4 saturated heterocycles. The third kappa shape index (κ3) is 17.6. The number of hydrogen-bond acceptors (Lipinski definition) is 16. The van der Waals surface area contributed by atoms with E-state index in [0.717, 1.165) is 18.9 Å². The molecule has 0 amide bonds. The van der Waals surface area contributed by atoms with E-state index in [2.05, 4.69) is 0 Å². The lowest BCUT2D eigenvalue weighted by Crippen LogP contribution is -2.46. The van der Waals surface area contributed by atoms with Crippen molar-refractivity contribution >= 4 is 23.1 Å². The molecule has 532 valence electrons. The lowest BCUT2D eigenvalue weighted by Gasteiger charge is -2.43. The molecule has 0 N–H and O–H groups in total. The van der Waals surface area contributed by atoms with E-state index in [1.54, 1.807) is 14.7 Å². The highest BCUT2D eigenvalue weighted by Gasteiger charge is 2.43. The van der Waals surface area contributed by atoms with Gasteiger partial charge in [-0.15, -0.1) is 0 Å². The third-order valence-electron chi connectivity index (χ3n) is 17.4. The van der Waals surface area contributed by atoms with E-state index in [4.69, 9.17) is 98.2 Å².